The van der Waals surface area contributed by atoms with Crippen molar-refractivity contribution < 1.29 is 31.7 Å². The summed E-state index contributed by atoms with van der Waals surface area (Å²) in [4.78, 5) is 0. The van der Waals surface area contributed by atoms with E-state index in [1.165, 1.54) is 0 Å². The molecule has 0 N–H and O–H groups in total. The Balaban J connectivity index is 1.88. The van der Waals surface area contributed by atoms with E-state index in [0.29, 0.717) is 13.0 Å². The molecule has 0 saturated carbocycles. The number of hydrogen-bond acceptors (Lipinski definition) is 7. The summed E-state index contributed by atoms with van der Waals surface area (Å²) in [5.74, 6) is 0. The van der Waals surface area contributed by atoms with Crippen LogP contribution >= 0.6 is 16.4 Å². The summed E-state index contributed by atoms with van der Waals surface area (Å²) < 4.78 is 44.8. The van der Waals surface area contributed by atoms with Gasteiger partial charge in [-0.2, -0.15) is 13.6 Å². The second kappa shape index (κ2) is 9.40. The number of phosphoric ester groups is 1. The van der Waals surface area contributed by atoms with Crippen LogP contribution in [0.3, 0.4) is 0 Å². The van der Waals surface area contributed by atoms with Crippen molar-refractivity contribution in [3.8, 4) is 0 Å². The normalized spacial score (nSPS) is 29.6. The maximum absolute atomic E-state index is 12.3. The minimum Gasteiger partial charge on any atom is -0.287 e. The lowest BCUT2D eigenvalue weighted by molar-refractivity contribution is 0.0634. The van der Waals surface area contributed by atoms with Gasteiger partial charge in [0.15, 0.2) is 0 Å². The summed E-state index contributed by atoms with van der Waals surface area (Å²) in [5, 5.41) is 0. The Labute approximate surface area is 138 Å². The highest BCUT2D eigenvalue weighted by Gasteiger charge is 2.37. The molecule has 3 unspecified atom stereocenters. The summed E-state index contributed by atoms with van der Waals surface area (Å²) in [6.45, 7) is 6.29. The molecular weight excluding hydrogens is 342 g/mol. The first-order valence-electron chi connectivity index (χ1n) is 7.80. The van der Waals surface area contributed by atoms with E-state index in [-0.39, 0.29) is 25.4 Å². The second-order valence-electron chi connectivity index (χ2n) is 5.02. The van der Waals surface area contributed by atoms with Gasteiger partial charge < -0.3 is 0 Å². The molecule has 0 spiro atoms. The van der Waals surface area contributed by atoms with Gasteiger partial charge in [0.2, 0.25) is 0 Å². The van der Waals surface area contributed by atoms with Gasteiger partial charge in [-0.15, -0.1) is 0 Å². The van der Waals surface area contributed by atoms with Crippen LogP contribution in [0.25, 0.3) is 0 Å². The van der Waals surface area contributed by atoms with Crippen molar-refractivity contribution in [1.82, 2.24) is 0 Å². The van der Waals surface area contributed by atoms with E-state index >= 15 is 0 Å². The monoisotopic (exact) mass is 367 g/mol. The highest BCUT2D eigenvalue weighted by molar-refractivity contribution is 7.48. The molecular formula is C14H25O7P2+. The first-order chi connectivity index (χ1) is 11.0. The molecule has 2 aliphatic rings. The molecule has 2 aliphatic heterocycles. The molecule has 0 aromatic rings. The van der Waals surface area contributed by atoms with E-state index in [2.05, 4.69) is 0 Å². The second-order valence-corrected chi connectivity index (χ2v) is 7.90. The van der Waals surface area contributed by atoms with Crippen molar-refractivity contribution in [3.63, 3.8) is 0 Å². The van der Waals surface area contributed by atoms with Crippen molar-refractivity contribution in [2.45, 2.75) is 45.5 Å². The average molecular weight is 367 g/mol. The van der Waals surface area contributed by atoms with Gasteiger partial charge >= 0.3 is 16.4 Å². The molecule has 0 aromatic carbocycles. The molecule has 7 nitrogen and oxygen atoms in total. The molecule has 0 amide bonds. The minimum atomic E-state index is -3.52. The zero-order valence-electron chi connectivity index (χ0n) is 13.7. The third-order valence-corrected chi connectivity index (χ3v) is 6.21. The number of phosphoric acid groups is 1. The summed E-state index contributed by atoms with van der Waals surface area (Å²) in [5.41, 5.74) is 0. The predicted molar refractivity (Wildman–Crippen MR) is 88.3 cm³/mol. The molecule has 2 rings (SSSR count). The quantitative estimate of drug-likeness (QED) is 0.477. The van der Waals surface area contributed by atoms with Crippen molar-refractivity contribution in [1.29, 1.82) is 0 Å². The fourth-order valence-corrected chi connectivity index (χ4v) is 4.74. The number of hydrogen-bond donors (Lipinski definition) is 0. The maximum Gasteiger partial charge on any atom is 0.475 e. The van der Waals surface area contributed by atoms with Crippen LogP contribution < -0.4 is 0 Å². The Morgan fingerprint density at radius 3 is 2.78 bits per heavy atom. The van der Waals surface area contributed by atoms with E-state index in [0.717, 1.165) is 0 Å². The first-order valence-corrected chi connectivity index (χ1v) is 10.5. The van der Waals surface area contributed by atoms with Gasteiger partial charge in [-0.25, -0.2) is 4.57 Å². The molecule has 0 aliphatic carbocycles. The molecule has 2 heterocycles. The Morgan fingerprint density at radius 1 is 1.35 bits per heavy atom. The summed E-state index contributed by atoms with van der Waals surface area (Å²) in [7, 11) is -5.21. The summed E-state index contributed by atoms with van der Waals surface area (Å²) in [6, 6.07) is 0. The molecule has 2 bridgehead atoms. The highest BCUT2D eigenvalue weighted by Crippen LogP contribution is 2.51. The lowest BCUT2D eigenvalue weighted by atomic mass is 10.1. The zero-order valence-corrected chi connectivity index (χ0v) is 15.6. The molecule has 1 fully saturated rings. The van der Waals surface area contributed by atoms with Crippen LogP contribution in [0, 0.1) is 0 Å². The third-order valence-electron chi connectivity index (χ3n) is 3.07. The fraction of sp³-hybridized carbons (Fsp3) is 0.714. The standard InChI is InChI=1S/C14H25O7P2/c1-4-17-23(15,18-5-2)21-12(3)8-9-14-11-13-7-6-10-16-22(19-13)20-14/h6-9,12-14,22H,4-5,10-11H2,1-3H3/q+1/b9-8+/t12?,13-,14?/m0/s1. The van der Waals surface area contributed by atoms with Gasteiger partial charge in [-0.05, 0) is 20.8 Å². The van der Waals surface area contributed by atoms with Gasteiger partial charge in [0, 0.05) is 6.42 Å². The number of fused-ring (bicyclic) bond motifs is 2. The molecule has 9 heteroatoms. The lowest BCUT2D eigenvalue weighted by Gasteiger charge is -2.23. The van der Waals surface area contributed by atoms with Gasteiger partial charge in [0.25, 0.3) is 0 Å². The van der Waals surface area contributed by atoms with Crippen molar-refractivity contribution in [3.05, 3.63) is 24.3 Å². The largest absolute Gasteiger partial charge is 0.475 e. The maximum atomic E-state index is 12.3. The van der Waals surface area contributed by atoms with Crippen LogP contribution in [0.4, 0.5) is 0 Å². The Morgan fingerprint density at radius 2 is 2.09 bits per heavy atom. The zero-order chi connectivity index (χ0) is 16.7. The van der Waals surface area contributed by atoms with Crippen LogP contribution in [-0.4, -0.2) is 38.1 Å². The first kappa shape index (κ1) is 19.2. The Bertz CT molecular complexity index is 458. The van der Waals surface area contributed by atoms with E-state index in [9.17, 15) is 4.57 Å². The average Bonchev–Trinajstić information content (AvgIpc) is 2.66. The van der Waals surface area contributed by atoms with Gasteiger partial charge in [-0.3, -0.25) is 13.6 Å². The van der Waals surface area contributed by atoms with Crippen LogP contribution in [0.2, 0.25) is 0 Å². The topological polar surface area (TPSA) is 72.5 Å². The van der Waals surface area contributed by atoms with E-state index in [1.807, 2.05) is 18.2 Å². The molecule has 132 valence electrons. The van der Waals surface area contributed by atoms with Crippen molar-refractivity contribution in [2.24, 2.45) is 0 Å². The molecule has 0 radical (unpaired) electrons. The van der Waals surface area contributed by atoms with E-state index in [1.54, 1.807) is 26.8 Å². The van der Waals surface area contributed by atoms with Gasteiger partial charge in [0.1, 0.15) is 18.8 Å². The smallest absolute Gasteiger partial charge is 0.287 e. The highest BCUT2D eigenvalue weighted by atomic mass is 31.2. The molecule has 1 saturated heterocycles. The molecule has 4 atom stereocenters. The Kier molecular flexibility index (Phi) is 7.86. The number of rotatable bonds is 8. The van der Waals surface area contributed by atoms with E-state index < -0.39 is 22.5 Å². The predicted octanol–water partition coefficient (Wildman–Crippen LogP) is 3.85. The van der Waals surface area contributed by atoms with Gasteiger partial charge in [-0.1, -0.05) is 24.3 Å². The van der Waals surface area contributed by atoms with Crippen LogP contribution in [-0.2, 0) is 31.7 Å². The van der Waals surface area contributed by atoms with E-state index in [4.69, 9.17) is 27.1 Å². The Hall–Kier alpha value is -0.100. The van der Waals surface area contributed by atoms with Crippen LogP contribution in [0.15, 0.2) is 24.3 Å². The third kappa shape index (κ3) is 6.37. The summed E-state index contributed by atoms with van der Waals surface area (Å²) >= 11 is 0. The fourth-order valence-electron chi connectivity index (χ4n) is 2.16. The van der Waals surface area contributed by atoms with Crippen molar-refractivity contribution in [2.75, 3.05) is 19.8 Å². The van der Waals surface area contributed by atoms with Crippen LogP contribution in [0.1, 0.15) is 27.2 Å². The summed E-state index contributed by atoms with van der Waals surface area (Å²) in [6.07, 6.45) is 7.81. The molecule has 0 aromatic heterocycles. The lowest BCUT2D eigenvalue weighted by Crippen LogP contribution is -2.24. The van der Waals surface area contributed by atoms with Crippen LogP contribution in [0.5, 0.6) is 0 Å². The minimum absolute atomic E-state index is 0.0176. The SMILES string of the molecule is CCOP(=O)(OCC)OC(C)/C=C/C1C[C@@H]2C=CCO[PH+](O1)O2. The molecule has 23 heavy (non-hydrogen) atoms. The van der Waals surface area contributed by atoms with Crippen molar-refractivity contribution >= 4 is 16.4 Å². The van der Waals surface area contributed by atoms with Gasteiger partial charge in [0.05, 0.1) is 19.3 Å².